The maximum absolute atomic E-state index is 6.75. The Labute approximate surface area is 413 Å². The van der Waals surface area contributed by atoms with Crippen molar-refractivity contribution in [2.75, 3.05) is 0 Å². The van der Waals surface area contributed by atoms with Gasteiger partial charge in [0.15, 0.2) is 0 Å². The van der Waals surface area contributed by atoms with E-state index in [1.165, 1.54) is 131 Å². The van der Waals surface area contributed by atoms with E-state index in [1.807, 2.05) is 0 Å². The molecule has 0 atom stereocenters. The minimum Gasteiger partial charge on any atom is -0.456 e. The molecule has 0 aliphatic carbocycles. The van der Waals surface area contributed by atoms with E-state index in [4.69, 9.17) is 4.42 Å². The maximum Gasteiger partial charge on any atom is 0.136 e. The lowest BCUT2D eigenvalue weighted by Crippen LogP contribution is -1.95. The van der Waals surface area contributed by atoms with Gasteiger partial charge in [-0.05, 0) is 163 Å². The molecule has 2 heteroatoms. The van der Waals surface area contributed by atoms with E-state index in [2.05, 4.69) is 253 Å². The van der Waals surface area contributed by atoms with Crippen LogP contribution >= 0.6 is 0 Å². The second-order valence-electron chi connectivity index (χ2n) is 19.4. The first-order valence-corrected chi connectivity index (χ1v) is 24.9. The predicted molar refractivity (Wildman–Crippen MR) is 307 cm³/mol. The van der Waals surface area contributed by atoms with Gasteiger partial charge >= 0.3 is 0 Å². The van der Waals surface area contributed by atoms with Crippen LogP contribution in [0.1, 0.15) is 0 Å². The van der Waals surface area contributed by atoms with Crippen molar-refractivity contribution in [2.45, 2.75) is 0 Å². The zero-order valence-corrected chi connectivity index (χ0v) is 39.0. The molecule has 0 bridgehead atoms. The van der Waals surface area contributed by atoms with Gasteiger partial charge in [0, 0.05) is 27.2 Å². The van der Waals surface area contributed by atoms with Gasteiger partial charge in [-0.25, -0.2) is 0 Å². The minimum absolute atomic E-state index is 0.891. The summed E-state index contributed by atoms with van der Waals surface area (Å²) >= 11 is 0. The summed E-state index contributed by atoms with van der Waals surface area (Å²) in [5, 5.41) is 22.1. The van der Waals surface area contributed by atoms with Gasteiger partial charge in [0.05, 0.1) is 11.0 Å². The number of nitrogens with zero attached hydrogens (tertiary/aromatic N) is 1. The summed E-state index contributed by atoms with van der Waals surface area (Å²) in [7, 11) is 0. The van der Waals surface area contributed by atoms with E-state index in [9.17, 15) is 0 Å². The van der Waals surface area contributed by atoms with E-state index in [-0.39, 0.29) is 0 Å². The van der Waals surface area contributed by atoms with Gasteiger partial charge in [0.25, 0.3) is 0 Å². The van der Waals surface area contributed by atoms with E-state index < -0.39 is 0 Å². The van der Waals surface area contributed by atoms with Crippen LogP contribution in [0, 0.1) is 0 Å². The van der Waals surface area contributed by atoms with Gasteiger partial charge in [-0.1, -0.05) is 194 Å². The molecule has 0 N–H and O–H groups in total. The molecule has 0 spiro atoms. The summed E-state index contributed by atoms with van der Waals surface area (Å²) in [4.78, 5) is 0. The van der Waals surface area contributed by atoms with Crippen molar-refractivity contribution in [1.82, 2.24) is 4.57 Å². The predicted octanol–water partition coefficient (Wildman–Crippen LogP) is 19.8. The smallest absolute Gasteiger partial charge is 0.136 e. The second-order valence-corrected chi connectivity index (χ2v) is 19.4. The Morgan fingerprint density at radius 2 is 0.569 bits per heavy atom. The number of fused-ring (bicyclic) bond motifs is 16. The van der Waals surface area contributed by atoms with Crippen LogP contribution in [0.2, 0.25) is 0 Å². The monoisotopic (exact) mass is 911 g/mol. The SMILES string of the molecule is c1ccc(-n2c3ccccc3c3cc(-c4c5ccccc5c(-c5c6ccccc6c(-c6ccc7oc8cc9c%10ccccc%10c%10ccccc%10c9cc8c7c6)c6ccccc56)c5ccccc45)ccc32)cc1. The highest BCUT2D eigenvalue weighted by atomic mass is 16.3. The van der Waals surface area contributed by atoms with Gasteiger partial charge in [-0.3, -0.25) is 0 Å². The van der Waals surface area contributed by atoms with Crippen molar-refractivity contribution in [3.8, 4) is 39.1 Å². The Kier molecular flexibility index (Phi) is 8.20. The number of hydrogen-bond acceptors (Lipinski definition) is 1. The van der Waals surface area contributed by atoms with Crippen molar-refractivity contribution >= 4 is 119 Å². The number of hydrogen-bond donors (Lipinski definition) is 0. The third-order valence-corrected chi connectivity index (χ3v) is 15.7. The molecular formula is C70H41NO. The molecule has 332 valence electrons. The zero-order valence-electron chi connectivity index (χ0n) is 39.0. The second kappa shape index (κ2) is 15.0. The minimum atomic E-state index is 0.891. The fourth-order valence-corrected chi connectivity index (χ4v) is 12.7. The molecule has 16 aromatic rings. The van der Waals surface area contributed by atoms with E-state index in [0.29, 0.717) is 0 Å². The van der Waals surface area contributed by atoms with Crippen LogP contribution < -0.4 is 0 Å². The molecule has 0 fully saturated rings. The summed E-state index contributed by atoms with van der Waals surface area (Å²) in [6.07, 6.45) is 0. The fraction of sp³-hybridized carbons (Fsp3) is 0. The van der Waals surface area contributed by atoms with Crippen LogP contribution in [0.3, 0.4) is 0 Å². The molecular weight excluding hydrogens is 871 g/mol. The number of para-hydroxylation sites is 2. The third-order valence-electron chi connectivity index (χ3n) is 15.7. The molecule has 2 heterocycles. The molecule has 0 saturated heterocycles. The number of furan rings is 1. The molecule has 2 nitrogen and oxygen atoms in total. The van der Waals surface area contributed by atoms with Crippen LogP contribution in [0.15, 0.2) is 253 Å². The highest BCUT2D eigenvalue weighted by Gasteiger charge is 2.24. The Hall–Kier alpha value is -9.50. The molecule has 0 aliphatic heterocycles. The lowest BCUT2D eigenvalue weighted by Gasteiger charge is -2.22. The van der Waals surface area contributed by atoms with Gasteiger partial charge in [0.2, 0.25) is 0 Å². The van der Waals surface area contributed by atoms with Crippen molar-refractivity contribution in [2.24, 2.45) is 0 Å². The molecule has 16 rings (SSSR count). The first-order chi connectivity index (χ1) is 35.7. The fourth-order valence-electron chi connectivity index (χ4n) is 12.7. The van der Waals surface area contributed by atoms with Crippen LogP contribution in [0.4, 0.5) is 0 Å². The van der Waals surface area contributed by atoms with Crippen LogP contribution in [-0.4, -0.2) is 4.57 Å². The molecule has 14 aromatic carbocycles. The topological polar surface area (TPSA) is 18.1 Å². The van der Waals surface area contributed by atoms with Crippen molar-refractivity contribution in [3.63, 3.8) is 0 Å². The van der Waals surface area contributed by atoms with Gasteiger partial charge in [-0.2, -0.15) is 0 Å². The molecule has 2 aromatic heterocycles. The average molecular weight is 912 g/mol. The molecule has 0 saturated carbocycles. The van der Waals surface area contributed by atoms with E-state index in [0.717, 1.165) is 27.6 Å². The summed E-state index contributed by atoms with van der Waals surface area (Å²) in [5.41, 5.74) is 12.7. The first-order valence-electron chi connectivity index (χ1n) is 24.9. The summed E-state index contributed by atoms with van der Waals surface area (Å²) in [6, 6.07) is 91.9. The number of aromatic nitrogens is 1. The third kappa shape index (κ3) is 5.49. The summed E-state index contributed by atoms with van der Waals surface area (Å²) in [5.74, 6) is 0. The highest BCUT2D eigenvalue weighted by molar-refractivity contribution is 6.32. The first kappa shape index (κ1) is 39.4. The summed E-state index contributed by atoms with van der Waals surface area (Å²) < 4.78 is 9.14. The van der Waals surface area contributed by atoms with Crippen LogP contribution in [0.25, 0.3) is 158 Å². The number of benzene rings is 14. The standard InChI is InChI=1S/C70H41NO/c1-2-18-44(19-3-1)71-63-33-17-16-24-49(63)60-38-42(34-36-64(60)71)67-50-25-8-12-29-54(50)69(55-30-13-9-26-51(55)67)70-56-31-14-10-27-52(56)68(53-28-11-15-32-57(53)70)43-35-37-65-61(39-43)62-40-58-47-22-6-4-20-45(47)46-21-5-7-23-48(46)59(58)41-66(62)72-65/h1-41H. The largest absolute Gasteiger partial charge is 0.456 e. The Bertz CT molecular complexity index is 4860. The van der Waals surface area contributed by atoms with Crippen LogP contribution in [-0.2, 0) is 0 Å². The highest BCUT2D eigenvalue weighted by Crippen LogP contribution is 2.51. The molecule has 0 radical (unpaired) electrons. The zero-order chi connectivity index (χ0) is 47.0. The molecule has 0 aliphatic rings. The Morgan fingerprint density at radius 1 is 0.208 bits per heavy atom. The van der Waals surface area contributed by atoms with Crippen molar-refractivity contribution in [1.29, 1.82) is 0 Å². The number of rotatable bonds is 4. The van der Waals surface area contributed by atoms with Crippen molar-refractivity contribution in [3.05, 3.63) is 249 Å². The lowest BCUT2D eigenvalue weighted by molar-refractivity contribution is 0.669. The average Bonchev–Trinajstić information content (AvgIpc) is 3.98. The quantitative estimate of drug-likeness (QED) is 0.127. The van der Waals surface area contributed by atoms with E-state index >= 15 is 0 Å². The van der Waals surface area contributed by atoms with Crippen molar-refractivity contribution < 1.29 is 4.42 Å². The van der Waals surface area contributed by atoms with Gasteiger partial charge < -0.3 is 8.98 Å². The molecule has 0 amide bonds. The van der Waals surface area contributed by atoms with E-state index in [1.54, 1.807) is 0 Å². The normalized spacial score (nSPS) is 12.2. The molecule has 72 heavy (non-hydrogen) atoms. The van der Waals surface area contributed by atoms with Crippen LogP contribution in [0.5, 0.6) is 0 Å². The van der Waals surface area contributed by atoms with Gasteiger partial charge in [-0.15, -0.1) is 0 Å². The Balaban J connectivity index is 0.941. The molecule has 0 unspecified atom stereocenters. The summed E-state index contributed by atoms with van der Waals surface area (Å²) in [6.45, 7) is 0. The Morgan fingerprint density at radius 3 is 1.08 bits per heavy atom. The maximum atomic E-state index is 6.75. The lowest BCUT2D eigenvalue weighted by atomic mass is 9.81. The van der Waals surface area contributed by atoms with Gasteiger partial charge in [0.1, 0.15) is 11.2 Å².